The Labute approximate surface area is 72.3 Å². The molecule has 0 bridgehead atoms. The number of carbonyl (C=O) groups is 1. The minimum Gasteiger partial charge on any atom is -0.482 e. The van der Waals surface area contributed by atoms with Crippen LogP contribution in [0.15, 0.2) is 18.2 Å². The van der Waals surface area contributed by atoms with Crippen molar-refractivity contribution in [1.29, 1.82) is 0 Å². The van der Waals surface area contributed by atoms with Crippen molar-refractivity contribution in [2.24, 2.45) is 0 Å². The quantitative estimate of drug-likeness (QED) is 0.592. The topological polar surface area (TPSA) is 38.3 Å². The molecule has 3 nitrogen and oxygen atoms in total. The lowest BCUT2D eigenvalue weighted by atomic mass is 10.2. The Morgan fingerprint density at radius 3 is 3.17 bits per heavy atom. The molecule has 2 rings (SSSR count). The van der Waals surface area contributed by atoms with Crippen LogP contribution in [0.25, 0.3) is 0 Å². The van der Waals surface area contributed by atoms with Gasteiger partial charge in [-0.2, -0.15) is 0 Å². The van der Waals surface area contributed by atoms with E-state index in [1.807, 2.05) is 18.2 Å². The summed E-state index contributed by atoms with van der Waals surface area (Å²) in [6.07, 6.45) is 0. The number of benzene rings is 1. The molecule has 1 aromatic rings. The van der Waals surface area contributed by atoms with Gasteiger partial charge in [-0.15, -0.1) is 9.24 Å². The molecule has 0 saturated carbocycles. The summed E-state index contributed by atoms with van der Waals surface area (Å²) < 4.78 is 5.17. The van der Waals surface area contributed by atoms with Crippen LogP contribution >= 0.6 is 9.24 Å². The largest absolute Gasteiger partial charge is 0.482 e. The lowest BCUT2D eigenvalue weighted by molar-refractivity contribution is -0.118. The molecule has 1 unspecified atom stereocenters. The summed E-state index contributed by atoms with van der Waals surface area (Å²) >= 11 is 0. The van der Waals surface area contributed by atoms with E-state index in [9.17, 15) is 4.79 Å². The maximum atomic E-state index is 10.9. The van der Waals surface area contributed by atoms with E-state index in [-0.39, 0.29) is 12.5 Å². The average Bonchev–Trinajstić information content (AvgIpc) is 2.03. The number of carbonyl (C=O) groups excluding carboxylic acids is 1. The van der Waals surface area contributed by atoms with Crippen molar-refractivity contribution in [3.63, 3.8) is 0 Å². The number of amides is 1. The van der Waals surface area contributed by atoms with Crippen molar-refractivity contribution in [3.05, 3.63) is 18.2 Å². The number of ether oxygens (including phenoxy) is 1. The normalized spacial score (nSPS) is 14.6. The average molecular weight is 181 g/mol. The highest BCUT2D eigenvalue weighted by molar-refractivity contribution is 7.27. The van der Waals surface area contributed by atoms with Gasteiger partial charge in [0.05, 0.1) is 5.69 Å². The van der Waals surface area contributed by atoms with Gasteiger partial charge in [-0.25, -0.2) is 0 Å². The molecule has 0 saturated heterocycles. The third-order valence-electron chi connectivity index (χ3n) is 1.64. The lowest BCUT2D eigenvalue weighted by Gasteiger charge is -2.17. The molecule has 1 amide bonds. The van der Waals surface area contributed by atoms with Crippen LogP contribution in [0.3, 0.4) is 0 Å². The molecule has 4 heteroatoms. The highest BCUT2D eigenvalue weighted by atomic mass is 31.0. The van der Waals surface area contributed by atoms with E-state index in [1.165, 1.54) is 0 Å². The van der Waals surface area contributed by atoms with Gasteiger partial charge in [0.25, 0.3) is 5.91 Å². The van der Waals surface area contributed by atoms with E-state index in [4.69, 9.17) is 4.74 Å². The molecule has 1 atom stereocenters. The van der Waals surface area contributed by atoms with Crippen LogP contribution in [0.1, 0.15) is 0 Å². The van der Waals surface area contributed by atoms with Crippen molar-refractivity contribution in [2.75, 3.05) is 11.9 Å². The van der Waals surface area contributed by atoms with Crippen LogP contribution in [-0.4, -0.2) is 12.5 Å². The van der Waals surface area contributed by atoms with Crippen molar-refractivity contribution in [1.82, 2.24) is 0 Å². The highest BCUT2D eigenvalue weighted by Crippen LogP contribution is 2.25. The second-order valence-electron chi connectivity index (χ2n) is 2.59. The fourth-order valence-corrected chi connectivity index (χ4v) is 1.36. The van der Waals surface area contributed by atoms with Gasteiger partial charge in [-0.05, 0) is 17.4 Å². The molecule has 1 aromatic carbocycles. The Kier molecular flexibility index (Phi) is 1.74. The van der Waals surface area contributed by atoms with E-state index >= 15 is 0 Å². The predicted molar refractivity (Wildman–Crippen MR) is 49.9 cm³/mol. The van der Waals surface area contributed by atoms with Crippen molar-refractivity contribution in [3.8, 4) is 5.75 Å². The summed E-state index contributed by atoms with van der Waals surface area (Å²) in [5.41, 5.74) is 0.749. The maximum Gasteiger partial charge on any atom is 0.262 e. The fourth-order valence-electron chi connectivity index (χ4n) is 1.10. The maximum absolute atomic E-state index is 10.9. The van der Waals surface area contributed by atoms with E-state index in [0.717, 1.165) is 16.7 Å². The van der Waals surface area contributed by atoms with Gasteiger partial charge < -0.3 is 10.1 Å². The van der Waals surface area contributed by atoms with Crippen LogP contribution in [-0.2, 0) is 4.79 Å². The van der Waals surface area contributed by atoms with Gasteiger partial charge in [-0.1, -0.05) is 6.07 Å². The molecule has 12 heavy (non-hydrogen) atoms. The van der Waals surface area contributed by atoms with E-state index < -0.39 is 0 Å². The van der Waals surface area contributed by atoms with E-state index in [1.54, 1.807) is 0 Å². The second-order valence-corrected chi connectivity index (χ2v) is 3.26. The molecule has 62 valence electrons. The van der Waals surface area contributed by atoms with E-state index in [0.29, 0.717) is 0 Å². The van der Waals surface area contributed by atoms with Gasteiger partial charge in [0.2, 0.25) is 0 Å². The second kappa shape index (κ2) is 2.76. The first-order chi connectivity index (χ1) is 5.75. The first-order valence-corrected chi connectivity index (χ1v) is 4.15. The molecular formula is C8H8NO2P. The SMILES string of the molecule is O=C1COc2ccc(P)cc2N1. The number of anilines is 1. The zero-order chi connectivity index (χ0) is 8.55. The van der Waals surface area contributed by atoms with Crippen LogP contribution in [0, 0.1) is 0 Å². The summed E-state index contributed by atoms with van der Waals surface area (Å²) in [7, 11) is 2.56. The van der Waals surface area contributed by atoms with Gasteiger partial charge in [0, 0.05) is 0 Å². The molecule has 1 N–H and O–H groups in total. The number of hydrogen-bond acceptors (Lipinski definition) is 2. The Morgan fingerprint density at radius 2 is 2.33 bits per heavy atom. The third kappa shape index (κ3) is 1.28. The lowest BCUT2D eigenvalue weighted by Crippen LogP contribution is -2.25. The van der Waals surface area contributed by atoms with Crippen molar-refractivity contribution < 1.29 is 9.53 Å². The highest BCUT2D eigenvalue weighted by Gasteiger charge is 2.14. The zero-order valence-corrected chi connectivity index (χ0v) is 7.49. The van der Waals surface area contributed by atoms with Crippen LogP contribution in [0.5, 0.6) is 5.75 Å². The first-order valence-electron chi connectivity index (χ1n) is 3.58. The van der Waals surface area contributed by atoms with Crippen molar-refractivity contribution >= 4 is 26.1 Å². The molecule has 0 radical (unpaired) electrons. The number of nitrogens with one attached hydrogen (secondary N) is 1. The predicted octanol–water partition coefficient (Wildman–Crippen LogP) is 0.518. The molecular weight excluding hydrogens is 173 g/mol. The minimum atomic E-state index is -0.0990. The zero-order valence-electron chi connectivity index (χ0n) is 6.33. The van der Waals surface area contributed by atoms with Crippen LogP contribution < -0.4 is 15.4 Å². The minimum absolute atomic E-state index is 0.0990. The monoisotopic (exact) mass is 181 g/mol. The molecule has 1 heterocycles. The van der Waals surface area contributed by atoms with Crippen LogP contribution in [0.2, 0.25) is 0 Å². The Hall–Kier alpha value is -1.08. The molecule has 1 aliphatic heterocycles. The van der Waals surface area contributed by atoms with Crippen LogP contribution in [0.4, 0.5) is 5.69 Å². The Bertz CT molecular complexity index is 338. The number of rotatable bonds is 0. The first kappa shape index (κ1) is 7.56. The summed E-state index contributed by atoms with van der Waals surface area (Å²) in [6, 6.07) is 5.62. The van der Waals surface area contributed by atoms with Gasteiger partial charge in [-0.3, -0.25) is 4.79 Å². The molecule has 0 fully saturated rings. The Balaban J connectivity index is 2.44. The summed E-state index contributed by atoms with van der Waals surface area (Å²) in [6.45, 7) is 0.114. The summed E-state index contributed by atoms with van der Waals surface area (Å²) in [4.78, 5) is 10.9. The molecule has 1 aliphatic rings. The van der Waals surface area contributed by atoms with E-state index in [2.05, 4.69) is 14.6 Å². The van der Waals surface area contributed by atoms with Gasteiger partial charge in [0.15, 0.2) is 6.61 Å². The summed E-state index contributed by atoms with van der Waals surface area (Å²) in [5.74, 6) is 0.638. The van der Waals surface area contributed by atoms with Gasteiger partial charge >= 0.3 is 0 Å². The standard InChI is InChI=1S/C8H8NO2P/c10-8-4-11-7-2-1-5(12)3-6(7)9-8/h1-3H,4,12H2,(H,9,10). The summed E-state index contributed by atoms with van der Waals surface area (Å²) in [5, 5.41) is 3.75. The number of fused-ring (bicyclic) bond motifs is 1. The Morgan fingerprint density at radius 1 is 1.50 bits per heavy atom. The number of hydrogen-bond donors (Lipinski definition) is 1. The third-order valence-corrected chi connectivity index (χ3v) is 2.00. The molecule has 0 aromatic heterocycles. The van der Waals surface area contributed by atoms with Gasteiger partial charge in [0.1, 0.15) is 5.75 Å². The van der Waals surface area contributed by atoms with Crippen molar-refractivity contribution in [2.45, 2.75) is 0 Å². The molecule has 0 spiro atoms. The smallest absolute Gasteiger partial charge is 0.262 e. The fraction of sp³-hybridized carbons (Fsp3) is 0.125. The molecule has 0 aliphatic carbocycles.